The molecule has 1 amide bonds. The quantitative estimate of drug-likeness (QED) is 0.771. The Morgan fingerprint density at radius 1 is 1.23 bits per heavy atom. The minimum absolute atomic E-state index is 0.315. The summed E-state index contributed by atoms with van der Waals surface area (Å²) in [6.45, 7) is 0.474. The Labute approximate surface area is 126 Å². The number of aromatic amines is 1. The van der Waals surface area contributed by atoms with Crippen LogP contribution in [0.3, 0.4) is 0 Å². The molecule has 1 aromatic heterocycles. The molecule has 112 valence electrons. The van der Waals surface area contributed by atoms with Crippen molar-refractivity contribution in [1.29, 1.82) is 0 Å². The molecule has 0 spiro atoms. The molecule has 0 unspecified atom stereocenters. The zero-order valence-corrected chi connectivity index (χ0v) is 12.0. The minimum Gasteiger partial charge on any atom is -0.380 e. The van der Waals surface area contributed by atoms with Gasteiger partial charge >= 0.3 is 0 Å². The molecule has 0 fully saturated rings. The fourth-order valence-electron chi connectivity index (χ4n) is 2.34. The van der Waals surface area contributed by atoms with Crippen LogP contribution in [0.15, 0.2) is 48.5 Å². The van der Waals surface area contributed by atoms with Gasteiger partial charge in [-0.25, -0.2) is 4.39 Å². The molecule has 0 bridgehead atoms. The number of carbonyl (C=O) groups is 1. The van der Waals surface area contributed by atoms with Gasteiger partial charge in [-0.15, -0.1) is 0 Å². The van der Waals surface area contributed by atoms with Gasteiger partial charge in [-0.3, -0.25) is 4.79 Å². The van der Waals surface area contributed by atoms with Crippen LogP contribution < -0.4 is 5.32 Å². The van der Waals surface area contributed by atoms with E-state index in [0.717, 1.165) is 5.56 Å². The Kier molecular flexibility index (Phi) is 3.89. The molecular formula is C17H15FN2O2. The molecule has 0 aliphatic heterocycles. The van der Waals surface area contributed by atoms with Crippen molar-refractivity contribution in [3.63, 3.8) is 0 Å². The maximum Gasteiger partial charge on any atom is 0.272 e. The number of carbonyl (C=O) groups excluding carboxylic acids is 1. The number of hydrogen-bond donors (Lipinski definition) is 2. The average Bonchev–Trinajstić information content (AvgIpc) is 2.94. The zero-order valence-electron chi connectivity index (χ0n) is 12.0. The summed E-state index contributed by atoms with van der Waals surface area (Å²) in [6, 6.07) is 13.6. The molecule has 5 heteroatoms. The molecule has 22 heavy (non-hydrogen) atoms. The van der Waals surface area contributed by atoms with Crippen LogP contribution in [0.5, 0.6) is 0 Å². The number of H-pyrrole nitrogens is 1. The van der Waals surface area contributed by atoms with E-state index in [0.29, 0.717) is 28.9 Å². The summed E-state index contributed by atoms with van der Waals surface area (Å²) >= 11 is 0. The molecule has 3 rings (SSSR count). The van der Waals surface area contributed by atoms with E-state index in [1.807, 2.05) is 18.2 Å². The third-order valence-corrected chi connectivity index (χ3v) is 3.35. The van der Waals surface area contributed by atoms with E-state index in [9.17, 15) is 9.18 Å². The van der Waals surface area contributed by atoms with E-state index < -0.39 is 0 Å². The Hall–Kier alpha value is -2.66. The summed E-state index contributed by atoms with van der Waals surface area (Å²) in [5.74, 6) is -0.667. The molecule has 2 N–H and O–H groups in total. The van der Waals surface area contributed by atoms with E-state index in [1.165, 1.54) is 12.1 Å². The van der Waals surface area contributed by atoms with Crippen LogP contribution in [0.1, 0.15) is 16.1 Å². The van der Waals surface area contributed by atoms with Gasteiger partial charge in [0.1, 0.15) is 11.5 Å². The standard InChI is InChI=1S/C17H15FN2O2/c1-22-10-11-4-2-5-12(8-11)19-17(21)16-9-13-14(18)6-3-7-15(13)20-16/h2-9,20H,10H2,1H3,(H,19,21). The number of amides is 1. The number of anilines is 1. The molecular weight excluding hydrogens is 283 g/mol. The Bertz CT molecular complexity index is 826. The number of fused-ring (bicyclic) bond motifs is 1. The maximum atomic E-state index is 13.7. The predicted molar refractivity (Wildman–Crippen MR) is 83.4 cm³/mol. The van der Waals surface area contributed by atoms with Crippen LogP contribution in [0, 0.1) is 5.82 Å². The summed E-state index contributed by atoms with van der Waals surface area (Å²) < 4.78 is 18.7. The van der Waals surface area contributed by atoms with Crippen LogP contribution >= 0.6 is 0 Å². The first-order valence-electron chi connectivity index (χ1n) is 6.84. The lowest BCUT2D eigenvalue weighted by Crippen LogP contribution is -2.12. The van der Waals surface area contributed by atoms with Gasteiger partial charge < -0.3 is 15.0 Å². The normalized spacial score (nSPS) is 10.8. The highest BCUT2D eigenvalue weighted by Gasteiger charge is 2.12. The number of aromatic nitrogens is 1. The number of hydrogen-bond acceptors (Lipinski definition) is 2. The number of ether oxygens (including phenoxy) is 1. The van der Waals surface area contributed by atoms with Crippen molar-refractivity contribution in [3.8, 4) is 0 Å². The molecule has 0 atom stereocenters. The highest BCUT2D eigenvalue weighted by molar-refractivity contribution is 6.06. The van der Waals surface area contributed by atoms with Crippen LogP contribution in [0.25, 0.3) is 10.9 Å². The summed E-state index contributed by atoms with van der Waals surface area (Å²) in [4.78, 5) is 15.2. The Balaban J connectivity index is 1.84. The SMILES string of the molecule is COCc1cccc(NC(=O)c2cc3c(F)cccc3[nH]2)c1. The van der Waals surface area contributed by atoms with Gasteiger partial charge in [-0.05, 0) is 35.9 Å². The summed E-state index contributed by atoms with van der Waals surface area (Å²) in [5, 5.41) is 3.19. The number of benzene rings is 2. The molecule has 0 saturated heterocycles. The van der Waals surface area contributed by atoms with Gasteiger partial charge in [-0.1, -0.05) is 18.2 Å². The minimum atomic E-state index is -0.352. The number of nitrogens with one attached hydrogen (secondary N) is 2. The molecule has 0 aliphatic carbocycles. The molecule has 3 aromatic rings. The van der Waals surface area contributed by atoms with Crippen molar-refractivity contribution in [2.24, 2.45) is 0 Å². The van der Waals surface area contributed by atoms with Crippen molar-refractivity contribution in [2.75, 3.05) is 12.4 Å². The van der Waals surface area contributed by atoms with Crippen LogP contribution in [0.2, 0.25) is 0 Å². The third kappa shape index (κ3) is 2.84. The summed E-state index contributed by atoms with van der Waals surface area (Å²) in [5.41, 5.74) is 2.54. The second-order valence-electron chi connectivity index (χ2n) is 4.97. The van der Waals surface area contributed by atoms with E-state index in [1.54, 1.807) is 25.3 Å². The fourth-order valence-corrected chi connectivity index (χ4v) is 2.34. The average molecular weight is 298 g/mol. The highest BCUT2D eigenvalue weighted by atomic mass is 19.1. The van der Waals surface area contributed by atoms with Gasteiger partial charge in [0.2, 0.25) is 0 Å². The van der Waals surface area contributed by atoms with Crippen molar-refractivity contribution in [3.05, 3.63) is 65.6 Å². The lowest BCUT2D eigenvalue weighted by atomic mass is 10.2. The van der Waals surface area contributed by atoms with Crippen molar-refractivity contribution in [2.45, 2.75) is 6.61 Å². The number of methoxy groups -OCH3 is 1. The second-order valence-corrected chi connectivity index (χ2v) is 4.97. The molecule has 1 heterocycles. The maximum absolute atomic E-state index is 13.7. The molecule has 2 aromatic carbocycles. The van der Waals surface area contributed by atoms with Crippen molar-refractivity contribution >= 4 is 22.5 Å². The van der Waals surface area contributed by atoms with Gasteiger partial charge in [0, 0.05) is 23.7 Å². The lowest BCUT2D eigenvalue weighted by Gasteiger charge is -2.06. The first-order chi connectivity index (χ1) is 10.7. The third-order valence-electron chi connectivity index (χ3n) is 3.35. The largest absolute Gasteiger partial charge is 0.380 e. The van der Waals surface area contributed by atoms with E-state index in [2.05, 4.69) is 10.3 Å². The Morgan fingerprint density at radius 3 is 2.82 bits per heavy atom. The van der Waals surface area contributed by atoms with Gasteiger partial charge in [0.05, 0.1) is 6.61 Å². The van der Waals surface area contributed by atoms with Gasteiger partial charge in [-0.2, -0.15) is 0 Å². The van der Waals surface area contributed by atoms with E-state index in [4.69, 9.17) is 4.74 Å². The molecule has 0 saturated carbocycles. The van der Waals surface area contributed by atoms with Crippen molar-refractivity contribution < 1.29 is 13.9 Å². The van der Waals surface area contributed by atoms with Gasteiger partial charge in [0.15, 0.2) is 0 Å². The first kappa shape index (κ1) is 14.3. The summed E-state index contributed by atoms with van der Waals surface area (Å²) in [6.07, 6.45) is 0. The lowest BCUT2D eigenvalue weighted by molar-refractivity contribution is 0.102. The fraction of sp³-hybridized carbons (Fsp3) is 0.118. The zero-order chi connectivity index (χ0) is 15.5. The van der Waals surface area contributed by atoms with E-state index in [-0.39, 0.29) is 11.7 Å². The smallest absolute Gasteiger partial charge is 0.272 e. The predicted octanol–water partition coefficient (Wildman–Crippen LogP) is 3.71. The Morgan fingerprint density at radius 2 is 2.05 bits per heavy atom. The first-order valence-corrected chi connectivity index (χ1v) is 6.84. The molecule has 0 radical (unpaired) electrons. The van der Waals surface area contributed by atoms with E-state index >= 15 is 0 Å². The van der Waals surface area contributed by atoms with Crippen molar-refractivity contribution in [1.82, 2.24) is 4.98 Å². The van der Waals surface area contributed by atoms with Crippen LogP contribution in [-0.2, 0) is 11.3 Å². The molecule has 0 aliphatic rings. The summed E-state index contributed by atoms with van der Waals surface area (Å²) in [7, 11) is 1.62. The topological polar surface area (TPSA) is 54.1 Å². The van der Waals surface area contributed by atoms with Crippen LogP contribution in [-0.4, -0.2) is 18.0 Å². The monoisotopic (exact) mass is 298 g/mol. The van der Waals surface area contributed by atoms with Crippen LogP contribution in [0.4, 0.5) is 10.1 Å². The molecule has 4 nitrogen and oxygen atoms in total. The second kappa shape index (κ2) is 5.99. The van der Waals surface area contributed by atoms with Gasteiger partial charge in [0.25, 0.3) is 5.91 Å². The number of halogens is 1. The number of rotatable bonds is 4. The highest BCUT2D eigenvalue weighted by Crippen LogP contribution is 2.20.